The molecule has 2 N–H and O–H groups in total. The molecule has 1 rings (SSSR count). The topological polar surface area (TPSA) is 43.1 Å². The van der Waals surface area contributed by atoms with Gasteiger partial charge in [0.2, 0.25) is 0 Å². The molecule has 0 aliphatic heterocycles. The van der Waals surface area contributed by atoms with Crippen molar-refractivity contribution in [3.05, 3.63) is 34.3 Å². The van der Waals surface area contributed by atoms with E-state index in [0.717, 1.165) is 17.5 Å². The van der Waals surface area contributed by atoms with E-state index >= 15 is 0 Å². The Kier molecular flexibility index (Phi) is 4.97. The molecular weight excluding hydrogens is 222 g/mol. The van der Waals surface area contributed by atoms with Crippen LogP contribution in [0.25, 0.3) is 0 Å². The first kappa shape index (κ1) is 13.2. The van der Waals surface area contributed by atoms with Gasteiger partial charge in [0.15, 0.2) is 0 Å². The number of rotatable bonds is 5. The monoisotopic (exact) mass is 239 g/mol. The molecule has 0 heterocycles. The van der Waals surface area contributed by atoms with Crippen molar-refractivity contribution in [2.45, 2.75) is 26.7 Å². The van der Waals surface area contributed by atoms with Crippen LogP contribution in [0.3, 0.4) is 0 Å². The Morgan fingerprint density at radius 1 is 1.50 bits per heavy atom. The highest BCUT2D eigenvalue weighted by molar-refractivity contribution is 6.31. The molecule has 0 radical (unpaired) electrons. The summed E-state index contributed by atoms with van der Waals surface area (Å²) in [6, 6.07) is 5.77. The Bertz CT molecular complexity index is 372. The summed E-state index contributed by atoms with van der Waals surface area (Å²) in [6.45, 7) is 4.37. The van der Waals surface area contributed by atoms with Gasteiger partial charge in [0.05, 0.1) is 0 Å². The number of ketones is 1. The van der Waals surface area contributed by atoms with Crippen molar-refractivity contribution in [3.8, 4) is 0 Å². The van der Waals surface area contributed by atoms with Gasteiger partial charge in [-0.1, -0.05) is 30.7 Å². The summed E-state index contributed by atoms with van der Waals surface area (Å²) >= 11 is 6.08. The molecule has 1 aromatic carbocycles. The number of carbonyl (C=O) groups excluding carboxylic acids is 1. The van der Waals surface area contributed by atoms with Crippen LogP contribution in [-0.2, 0) is 11.2 Å². The summed E-state index contributed by atoms with van der Waals surface area (Å²) in [6.07, 6.45) is 1.17. The first-order valence-electron chi connectivity index (χ1n) is 5.56. The Balaban J connectivity index is 2.76. The van der Waals surface area contributed by atoms with E-state index in [1.54, 1.807) is 0 Å². The number of aryl methyl sites for hydroxylation is 1. The molecule has 88 valence electrons. The highest BCUT2D eigenvalue weighted by Gasteiger charge is 2.16. The van der Waals surface area contributed by atoms with Crippen LogP contribution < -0.4 is 5.73 Å². The minimum absolute atomic E-state index is 0.0441. The van der Waals surface area contributed by atoms with Gasteiger partial charge in [-0.05, 0) is 30.5 Å². The zero-order chi connectivity index (χ0) is 12.1. The summed E-state index contributed by atoms with van der Waals surface area (Å²) in [5.41, 5.74) is 7.54. The van der Waals surface area contributed by atoms with Crippen molar-refractivity contribution in [2.75, 3.05) is 6.54 Å². The summed E-state index contributed by atoms with van der Waals surface area (Å²) in [7, 11) is 0. The minimum atomic E-state index is -0.0441. The molecule has 0 amide bonds. The van der Waals surface area contributed by atoms with Crippen LogP contribution in [-0.4, -0.2) is 12.3 Å². The van der Waals surface area contributed by atoms with Crippen molar-refractivity contribution in [2.24, 2.45) is 11.7 Å². The van der Waals surface area contributed by atoms with Crippen molar-refractivity contribution >= 4 is 17.4 Å². The number of benzene rings is 1. The molecule has 0 saturated carbocycles. The van der Waals surface area contributed by atoms with E-state index in [9.17, 15) is 4.79 Å². The summed E-state index contributed by atoms with van der Waals surface area (Å²) in [5.74, 6) is 0.133. The lowest BCUT2D eigenvalue weighted by Crippen LogP contribution is -2.24. The third kappa shape index (κ3) is 3.32. The van der Waals surface area contributed by atoms with Crippen LogP contribution in [0, 0.1) is 12.8 Å². The van der Waals surface area contributed by atoms with E-state index in [2.05, 4.69) is 0 Å². The molecule has 0 aliphatic rings. The Morgan fingerprint density at radius 2 is 2.19 bits per heavy atom. The quantitative estimate of drug-likeness (QED) is 0.859. The largest absolute Gasteiger partial charge is 0.330 e. The fraction of sp³-hybridized carbons (Fsp3) is 0.462. The molecule has 1 unspecified atom stereocenters. The van der Waals surface area contributed by atoms with Crippen LogP contribution in [0.2, 0.25) is 5.02 Å². The maximum atomic E-state index is 11.9. The molecule has 16 heavy (non-hydrogen) atoms. The molecule has 0 saturated heterocycles. The maximum Gasteiger partial charge on any atom is 0.141 e. The second-order valence-electron chi connectivity index (χ2n) is 4.08. The SMILES string of the molecule is CCC(CN)C(=O)Cc1ccc(C)cc1Cl. The van der Waals surface area contributed by atoms with Crippen LogP contribution >= 0.6 is 11.6 Å². The van der Waals surface area contributed by atoms with Crippen molar-refractivity contribution in [3.63, 3.8) is 0 Å². The summed E-state index contributed by atoms with van der Waals surface area (Å²) in [4.78, 5) is 11.9. The van der Waals surface area contributed by atoms with Crippen LogP contribution in [0.1, 0.15) is 24.5 Å². The standard InChI is InChI=1S/C13H18ClNO/c1-3-10(8-15)13(16)7-11-5-4-9(2)6-12(11)14/h4-6,10H,3,7-8,15H2,1-2H3. The van der Waals surface area contributed by atoms with Gasteiger partial charge in [0, 0.05) is 23.9 Å². The fourth-order valence-corrected chi connectivity index (χ4v) is 1.96. The lowest BCUT2D eigenvalue weighted by molar-refractivity contribution is -0.122. The van der Waals surface area contributed by atoms with Gasteiger partial charge in [-0.25, -0.2) is 0 Å². The maximum absolute atomic E-state index is 11.9. The van der Waals surface area contributed by atoms with Gasteiger partial charge >= 0.3 is 0 Å². The number of nitrogens with two attached hydrogens (primary N) is 1. The lowest BCUT2D eigenvalue weighted by atomic mass is 9.95. The highest BCUT2D eigenvalue weighted by atomic mass is 35.5. The van der Waals surface area contributed by atoms with Gasteiger partial charge in [0.1, 0.15) is 5.78 Å². The van der Waals surface area contributed by atoms with Gasteiger partial charge in [-0.15, -0.1) is 0 Å². The van der Waals surface area contributed by atoms with Crippen LogP contribution in [0.5, 0.6) is 0 Å². The van der Waals surface area contributed by atoms with E-state index in [1.807, 2.05) is 32.0 Å². The molecule has 1 aromatic rings. The van der Waals surface area contributed by atoms with E-state index in [-0.39, 0.29) is 11.7 Å². The second-order valence-corrected chi connectivity index (χ2v) is 4.49. The average Bonchev–Trinajstić information content (AvgIpc) is 2.24. The number of hydrogen-bond acceptors (Lipinski definition) is 2. The van der Waals surface area contributed by atoms with E-state index in [4.69, 9.17) is 17.3 Å². The van der Waals surface area contributed by atoms with Crippen molar-refractivity contribution < 1.29 is 4.79 Å². The van der Waals surface area contributed by atoms with Crippen LogP contribution in [0.4, 0.5) is 0 Å². The number of hydrogen-bond donors (Lipinski definition) is 1. The van der Waals surface area contributed by atoms with E-state index in [1.165, 1.54) is 0 Å². The molecule has 3 heteroatoms. The Hall–Kier alpha value is -0.860. The minimum Gasteiger partial charge on any atom is -0.330 e. The van der Waals surface area contributed by atoms with Crippen LogP contribution in [0.15, 0.2) is 18.2 Å². The highest BCUT2D eigenvalue weighted by Crippen LogP contribution is 2.19. The zero-order valence-corrected chi connectivity index (χ0v) is 10.6. The Labute approximate surface area is 102 Å². The van der Waals surface area contributed by atoms with Gasteiger partial charge < -0.3 is 5.73 Å². The lowest BCUT2D eigenvalue weighted by Gasteiger charge is -2.11. The second kappa shape index (κ2) is 6.02. The molecule has 0 spiro atoms. The smallest absolute Gasteiger partial charge is 0.141 e. The molecule has 0 aliphatic carbocycles. The van der Waals surface area contributed by atoms with Crippen molar-refractivity contribution in [1.82, 2.24) is 0 Å². The molecular formula is C13H18ClNO. The predicted molar refractivity (Wildman–Crippen MR) is 67.7 cm³/mol. The molecule has 1 atom stereocenters. The summed E-state index contributed by atoms with van der Waals surface area (Å²) < 4.78 is 0. The molecule has 0 aromatic heterocycles. The van der Waals surface area contributed by atoms with Gasteiger partial charge in [0.25, 0.3) is 0 Å². The molecule has 0 bridgehead atoms. The van der Waals surface area contributed by atoms with Gasteiger partial charge in [-0.3, -0.25) is 4.79 Å². The van der Waals surface area contributed by atoms with E-state index in [0.29, 0.717) is 18.0 Å². The van der Waals surface area contributed by atoms with Crippen molar-refractivity contribution in [1.29, 1.82) is 0 Å². The third-order valence-electron chi connectivity index (χ3n) is 2.81. The first-order valence-corrected chi connectivity index (χ1v) is 5.94. The first-order chi connectivity index (χ1) is 7.58. The van der Waals surface area contributed by atoms with Gasteiger partial charge in [-0.2, -0.15) is 0 Å². The fourth-order valence-electron chi connectivity index (χ4n) is 1.65. The normalized spacial score (nSPS) is 12.5. The average molecular weight is 240 g/mol. The Morgan fingerprint density at radius 3 is 2.69 bits per heavy atom. The zero-order valence-electron chi connectivity index (χ0n) is 9.79. The number of Topliss-reactive ketones (excluding diaryl/α,β-unsaturated/α-hetero) is 1. The number of halogens is 1. The molecule has 0 fully saturated rings. The number of carbonyl (C=O) groups is 1. The van der Waals surface area contributed by atoms with E-state index < -0.39 is 0 Å². The molecule has 2 nitrogen and oxygen atoms in total. The predicted octanol–water partition coefficient (Wildman–Crippen LogP) is 2.74. The summed E-state index contributed by atoms with van der Waals surface area (Å²) in [5, 5.41) is 0.667. The third-order valence-corrected chi connectivity index (χ3v) is 3.16.